The number of nitrogens with one attached hydrogen (secondary N) is 1. The van der Waals surface area contributed by atoms with E-state index in [1.54, 1.807) is 0 Å². The van der Waals surface area contributed by atoms with Crippen LogP contribution in [0, 0.1) is 0 Å². The van der Waals surface area contributed by atoms with Crippen LogP contribution in [-0.2, 0) is 0 Å². The summed E-state index contributed by atoms with van der Waals surface area (Å²) in [5.41, 5.74) is 9.05. The van der Waals surface area contributed by atoms with Crippen molar-refractivity contribution < 1.29 is 0 Å². The largest absolute Gasteiger partial charge is 0.341 e. The summed E-state index contributed by atoms with van der Waals surface area (Å²) in [5, 5.41) is 0.710. The summed E-state index contributed by atoms with van der Waals surface area (Å²) < 4.78 is 0. The Labute approximate surface area is 128 Å². The van der Waals surface area contributed by atoms with E-state index in [0.717, 1.165) is 22.6 Å². The van der Waals surface area contributed by atoms with Crippen LogP contribution in [0.3, 0.4) is 0 Å². The molecule has 1 unspecified atom stereocenters. The van der Waals surface area contributed by atoms with Crippen molar-refractivity contribution >= 4 is 11.6 Å². The first-order valence-corrected chi connectivity index (χ1v) is 7.21. The summed E-state index contributed by atoms with van der Waals surface area (Å²) in [5.74, 6) is 0.942. The van der Waals surface area contributed by atoms with Gasteiger partial charge < -0.3 is 10.7 Å². The minimum Gasteiger partial charge on any atom is -0.341 e. The number of benzene rings is 2. The number of hydrogen-bond donors (Lipinski definition) is 2. The van der Waals surface area contributed by atoms with E-state index in [2.05, 4.69) is 22.1 Å². The van der Waals surface area contributed by atoms with Gasteiger partial charge in [-0.25, -0.2) is 4.98 Å². The van der Waals surface area contributed by atoms with Gasteiger partial charge in [0, 0.05) is 17.1 Å². The lowest BCUT2D eigenvalue weighted by atomic mass is 9.99. The maximum Gasteiger partial charge on any atom is 0.115 e. The van der Waals surface area contributed by atoms with Crippen LogP contribution in [0.5, 0.6) is 0 Å². The van der Waals surface area contributed by atoms with Crippen LogP contribution in [0.4, 0.5) is 0 Å². The zero-order chi connectivity index (χ0) is 14.7. The quantitative estimate of drug-likeness (QED) is 0.769. The fourth-order valence-corrected chi connectivity index (χ4v) is 2.60. The molecule has 2 aromatic carbocycles. The van der Waals surface area contributed by atoms with Gasteiger partial charge in [0.25, 0.3) is 0 Å². The molecule has 4 heteroatoms. The summed E-state index contributed by atoms with van der Waals surface area (Å²) in [4.78, 5) is 7.85. The van der Waals surface area contributed by atoms with E-state index in [9.17, 15) is 0 Å². The Kier molecular flexibility index (Phi) is 4.04. The van der Waals surface area contributed by atoms with Gasteiger partial charge in [-0.2, -0.15) is 0 Å². The third-order valence-electron chi connectivity index (χ3n) is 3.50. The molecule has 0 aliphatic carbocycles. The number of rotatable bonds is 4. The molecule has 1 heterocycles. The van der Waals surface area contributed by atoms with Crippen LogP contribution in [0.2, 0.25) is 5.02 Å². The monoisotopic (exact) mass is 297 g/mol. The summed E-state index contributed by atoms with van der Waals surface area (Å²) in [7, 11) is 0. The number of halogens is 1. The minimum atomic E-state index is 0.0686. The molecule has 1 aromatic heterocycles. The highest BCUT2D eigenvalue weighted by molar-refractivity contribution is 6.30. The number of nitrogens with zero attached hydrogens (tertiary/aromatic N) is 1. The lowest BCUT2D eigenvalue weighted by Crippen LogP contribution is -2.15. The summed E-state index contributed by atoms with van der Waals surface area (Å²) in [6.07, 6.45) is 1.83. The average molecular weight is 298 g/mol. The fraction of sp³-hybridized carbons (Fsp3) is 0.118. The molecule has 3 rings (SSSR count). The molecule has 3 N–H and O–H groups in total. The van der Waals surface area contributed by atoms with E-state index >= 15 is 0 Å². The second-order valence-electron chi connectivity index (χ2n) is 4.89. The molecule has 0 saturated heterocycles. The second kappa shape index (κ2) is 6.12. The van der Waals surface area contributed by atoms with E-state index in [1.165, 1.54) is 0 Å². The molecule has 1 atom stereocenters. The third-order valence-corrected chi connectivity index (χ3v) is 3.73. The van der Waals surface area contributed by atoms with Crippen molar-refractivity contribution in [2.24, 2.45) is 5.73 Å². The predicted molar refractivity (Wildman–Crippen MR) is 86.4 cm³/mol. The summed E-state index contributed by atoms with van der Waals surface area (Å²) in [6.45, 7) is 0.506. The highest BCUT2D eigenvalue weighted by atomic mass is 35.5. The molecule has 0 fully saturated rings. The molecular formula is C17H16ClN3. The Hall–Kier alpha value is -2.10. The number of hydrogen-bond acceptors (Lipinski definition) is 2. The van der Waals surface area contributed by atoms with Gasteiger partial charge in [-0.3, -0.25) is 0 Å². The topological polar surface area (TPSA) is 54.7 Å². The molecule has 0 spiro atoms. The number of aromatic nitrogens is 2. The summed E-state index contributed by atoms with van der Waals surface area (Å²) >= 11 is 6.03. The number of H-pyrrole nitrogens is 1. The van der Waals surface area contributed by atoms with Crippen molar-refractivity contribution in [3.63, 3.8) is 0 Å². The first kappa shape index (κ1) is 13.9. The van der Waals surface area contributed by atoms with Gasteiger partial charge in [-0.1, -0.05) is 54.1 Å². The molecule has 21 heavy (non-hydrogen) atoms. The van der Waals surface area contributed by atoms with Crippen molar-refractivity contribution in [1.29, 1.82) is 0 Å². The maximum atomic E-state index is 6.03. The zero-order valence-corrected chi connectivity index (χ0v) is 12.2. The maximum absolute atomic E-state index is 6.03. The molecule has 3 aromatic rings. The molecule has 106 valence electrons. The van der Waals surface area contributed by atoms with E-state index < -0.39 is 0 Å². The Morgan fingerprint density at radius 1 is 1.10 bits per heavy atom. The number of aromatic amines is 1. The van der Waals surface area contributed by atoms with Gasteiger partial charge in [-0.15, -0.1) is 0 Å². The van der Waals surface area contributed by atoms with E-state index in [4.69, 9.17) is 17.3 Å². The van der Waals surface area contributed by atoms with E-state index in [-0.39, 0.29) is 5.92 Å². The molecule has 0 aliphatic rings. The highest BCUT2D eigenvalue weighted by Gasteiger charge is 2.16. The van der Waals surface area contributed by atoms with Crippen LogP contribution in [0.1, 0.15) is 17.3 Å². The van der Waals surface area contributed by atoms with Gasteiger partial charge >= 0.3 is 0 Å². The second-order valence-corrected chi connectivity index (χ2v) is 5.33. The van der Waals surface area contributed by atoms with E-state index in [1.807, 2.05) is 48.7 Å². The van der Waals surface area contributed by atoms with Gasteiger partial charge in [0.05, 0.1) is 17.8 Å². The van der Waals surface area contributed by atoms with Crippen LogP contribution in [0.25, 0.3) is 11.3 Å². The van der Waals surface area contributed by atoms with Gasteiger partial charge in [0.2, 0.25) is 0 Å². The van der Waals surface area contributed by atoms with Gasteiger partial charge in [0.1, 0.15) is 5.82 Å². The summed E-state index contributed by atoms with van der Waals surface area (Å²) in [6, 6.07) is 17.9. The molecule has 3 nitrogen and oxygen atoms in total. The van der Waals surface area contributed by atoms with Crippen LogP contribution in [-0.4, -0.2) is 16.5 Å². The average Bonchev–Trinajstić information content (AvgIpc) is 2.99. The fourth-order valence-electron chi connectivity index (χ4n) is 2.41. The SMILES string of the molecule is NCC(c1ccccc1)c1ncc(-c2cccc(Cl)c2)[nH]1. The number of nitrogens with two attached hydrogens (primary N) is 1. The first-order chi connectivity index (χ1) is 10.3. The van der Waals surface area contributed by atoms with Crippen molar-refractivity contribution in [1.82, 2.24) is 9.97 Å². The van der Waals surface area contributed by atoms with Crippen molar-refractivity contribution in [2.45, 2.75) is 5.92 Å². The van der Waals surface area contributed by atoms with Gasteiger partial charge in [-0.05, 0) is 17.7 Å². The van der Waals surface area contributed by atoms with Gasteiger partial charge in [0.15, 0.2) is 0 Å². The van der Waals surface area contributed by atoms with Crippen LogP contribution in [0.15, 0.2) is 60.8 Å². The Bertz CT molecular complexity index is 722. The molecule has 0 aliphatic heterocycles. The lowest BCUT2D eigenvalue weighted by molar-refractivity contribution is 0.765. The number of imidazole rings is 1. The normalized spacial score (nSPS) is 12.3. The van der Waals surface area contributed by atoms with Crippen LogP contribution >= 0.6 is 11.6 Å². The molecule has 0 amide bonds. The standard InChI is InChI=1S/C17H16ClN3/c18-14-8-4-7-13(9-14)16-11-20-17(21-16)15(10-19)12-5-2-1-3-6-12/h1-9,11,15H,10,19H2,(H,20,21). The molecule has 0 saturated carbocycles. The lowest BCUT2D eigenvalue weighted by Gasteiger charge is -2.12. The van der Waals surface area contributed by atoms with Crippen molar-refractivity contribution in [2.75, 3.05) is 6.54 Å². The highest BCUT2D eigenvalue weighted by Crippen LogP contribution is 2.25. The smallest absolute Gasteiger partial charge is 0.115 e. The molecular weight excluding hydrogens is 282 g/mol. The molecule has 0 radical (unpaired) electrons. The van der Waals surface area contributed by atoms with Crippen molar-refractivity contribution in [3.8, 4) is 11.3 Å². The van der Waals surface area contributed by atoms with E-state index in [0.29, 0.717) is 11.6 Å². The zero-order valence-electron chi connectivity index (χ0n) is 11.5. The Balaban J connectivity index is 1.94. The molecule has 0 bridgehead atoms. The third kappa shape index (κ3) is 2.99. The van der Waals surface area contributed by atoms with Crippen LogP contribution < -0.4 is 5.73 Å². The van der Waals surface area contributed by atoms with Crippen molar-refractivity contribution in [3.05, 3.63) is 77.2 Å². The Morgan fingerprint density at radius 3 is 2.62 bits per heavy atom. The minimum absolute atomic E-state index is 0.0686. The predicted octanol–water partition coefficient (Wildman–Crippen LogP) is 3.82. The first-order valence-electron chi connectivity index (χ1n) is 6.84. The Morgan fingerprint density at radius 2 is 1.90 bits per heavy atom.